The molecule has 1 fully saturated rings. The van der Waals surface area contributed by atoms with Crippen LogP contribution in [0.5, 0.6) is 0 Å². The van der Waals surface area contributed by atoms with Crippen LogP contribution < -0.4 is 5.32 Å². The summed E-state index contributed by atoms with van der Waals surface area (Å²) in [7, 11) is 0. The highest BCUT2D eigenvalue weighted by Gasteiger charge is 2.28. The highest BCUT2D eigenvalue weighted by atomic mass is 16.2. The maximum atomic E-state index is 12.5. The van der Waals surface area contributed by atoms with E-state index in [1.54, 1.807) is 11.0 Å². The van der Waals surface area contributed by atoms with Gasteiger partial charge in [0.25, 0.3) is 0 Å². The zero-order chi connectivity index (χ0) is 15.9. The predicted octanol–water partition coefficient (Wildman–Crippen LogP) is 0.844. The minimum absolute atomic E-state index is 0.0437. The first kappa shape index (κ1) is 15.6. The second-order valence-corrected chi connectivity index (χ2v) is 5.83. The van der Waals surface area contributed by atoms with Crippen LogP contribution in [0, 0.1) is 0 Å². The second-order valence-electron chi connectivity index (χ2n) is 5.83. The van der Waals surface area contributed by atoms with Crippen LogP contribution in [0.25, 0.3) is 0 Å². The Morgan fingerprint density at radius 2 is 2.13 bits per heavy atom. The van der Waals surface area contributed by atoms with Crippen molar-refractivity contribution >= 4 is 5.91 Å². The summed E-state index contributed by atoms with van der Waals surface area (Å²) in [5.41, 5.74) is 1.25. The number of tetrazole rings is 1. The molecule has 1 aromatic carbocycles. The molecule has 2 heterocycles. The SMILES string of the molecule is O=C(NCCn1cnnn1)[C@H]1CCCCN1Cc1ccccc1. The molecule has 0 spiro atoms. The van der Waals surface area contributed by atoms with Crippen LogP contribution in [0.4, 0.5) is 0 Å². The number of piperidine rings is 1. The smallest absolute Gasteiger partial charge is 0.237 e. The first-order valence-corrected chi connectivity index (χ1v) is 8.09. The molecule has 23 heavy (non-hydrogen) atoms. The molecule has 0 radical (unpaired) electrons. The van der Waals surface area contributed by atoms with E-state index in [4.69, 9.17) is 0 Å². The highest BCUT2D eigenvalue weighted by molar-refractivity contribution is 5.81. The molecule has 1 aliphatic heterocycles. The van der Waals surface area contributed by atoms with Crippen molar-refractivity contribution in [3.63, 3.8) is 0 Å². The van der Waals surface area contributed by atoms with Gasteiger partial charge >= 0.3 is 0 Å². The number of rotatable bonds is 6. The van der Waals surface area contributed by atoms with Crippen LogP contribution in [0.3, 0.4) is 0 Å². The van der Waals surface area contributed by atoms with Gasteiger partial charge in [-0.25, -0.2) is 4.68 Å². The quantitative estimate of drug-likeness (QED) is 0.855. The molecule has 1 aliphatic rings. The topological polar surface area (TPSA) is 75.9 Å². The molecule has 1 atom stereocenters. The summed E-state index contributed by atoms with van der Waals surface area (Å²) >= 11 is 0. The summed E-state index contributed by atoms with van der Waals surface area (Å²) in [4.78, 5) is 14.8. The summed E-state index contributed by atoms with van der Waals surface area (Å²) in [6.45, 7) is 2.93. The van der Waals surface area contributed by atoms with E-state index in [1.807, 2.05) is 18.2 Å². The Hall–Kier alpha value is -2.28. The van der Waals surface area contributed by atoms with Crippen LogP contribution in [0.15, 0.2) is 36.7 Å². The standard InChI is InChI=1S/C16H22N6O/c23-16(17-9-11-22-13-18-19-20-22)15-8-4-5-10-21(15)12-14-6-2-1-3-7-14/h1-3,6-7,13,15H,4-5,8-12H2,(H,17,23)/t15-/m1/s1. The number of nitrogens with one attached hydrogen (secondary N) is 1. The van der Waals surface area contributed by atoms with Crippen molar-refractivity contribution < 1.29 is 4.79 Å². The molecule has 0 bridgehead atoms. The van der Waals surface area contributed by atoms with Gasteiger partial charge in [0.15, 0.2) is 0 Å². The minimum Gasteiger partial charge on any atom is -0.353 e. The first-order chi connectivity index (χ1) is 11.3. The molecule has 122 valence electrons. The molecule has 0 saturated carbocycles. The lowest BCUT2D eigenvalue weighted by Crippen LogP contribution is -2.49. The number of likely N-dealkylation sites (tertiary alicyclic amines) is 1. The summed E-state index contributed by atoms with van der Waals surface area (Å²) in [5.74, 6) is 0.105. The zero-order valence-electron chi connectivity index (χ0n) is 13.1. The normalized spacial score (nSPS) is 18.7. The van der Waals surface area contributed by atoms with E-state index in [0.717, 1.165) is 32.4 Å². The zero-order valence-corrected chi connectivity index (χ0v) is 13.1. The highest BCUT2D eigenvalue weighted by Crippen LogP contribution is 2.19. The van der Waals surface area contributed by atoms with Crippen LogP contribution in [-0.2, 0) is 17.9 Å². The van der Waals surface area contributed by atoms with Crippen molar-refractivity contribution in [3.05, 3.63) is 42.2 Å². The number of benzene rings is 1. The summed E-state index contributed by atoms with van der Waals surface area (Å²) in [6, 6.07) is 10.3. The van der Waals surface area contributed by atoms with E-state index in [-0.39, 0.29) is 11.9 Å². The van der Waals surface area contributed by atoms with E-state index in [0.29, 0.717) is 13.1 Å². The van der Waals surface area contributed by atoms with Gasteiger partial charge in [-0.2, -0.15) is 0 Å². The molecular weight excluding hydrogens is 292 g/mol. The lowest BCUT2D eigenvalue weighted by Gasteiger charge is -2.34. The van der Waals surface area contributed by atoms with Crippen molar-refractivity contribution in [2.45, 2.75) is 38.4 Å². The third kappa shape index (κ3) is 4.35. The maximum absolute atomic E-state index is 12.5. The second kappa shape index (κ2) is 7.82. The van der Waals surface area contributed by atoms with Crippen molar-refractivity contribution in [2.75, 3.05) is 13.1 Å². The summed E-state index contributed by atoms with van der Waals surface area (Å²) in [6.07, 6.45) is 4.73. The fraction of sp³-hybridized carbons (Fsp3) is 0.500. The molecule has 1 amide bonds. The number of nitrogens with zero attached hydrogens (tertiary/aromatic N) is 5. The Bertz CT molecular complexity index is 600. The largest absolute Gasteiger partial charge is 0.353 e. The Balaban J connectivity index is 1.53. The van der Waals surface area contributed by atoms with Gasteiger partial charge in [0.2, 0.25) is 5.91 Å². The average Bonchev–Trinajstić information content (AvgIpc) is 3.09. The van der Waals surface area contributed by atoms with Crippen LogP contribution in [0.1, 0.15) is 24.8 Å². The van der Waals surface area contributed by atoms with E-state index in [1.165, 1.54) is 5.56 Å². The van der Waals surface area contributed by atoms with E-state index in [9.17, 15) is 4.79 Å². The molecular formula is C16H22N6O. The monoisotopic (exact) mass is 314 g/mol. The number of hydrogen-bond donors (Lipinski definition) is 1. The number of aromatic nitrogens is 4. The Kier molecular flexibility index (Phi) is 5.31. The molecule has 0 aliphatic carbocycles. The van der Waals surface area contributed by atoms with Crippen LogP contribution >= 0.6 is 0 Å². The van der Waals surface area contributed by atoms with E-state index < -0.39 is 0 Å². The van der Waals surface area contributed by atoms with Gasteiger partial charge in [0.05, 0.1) is 12.6 Å². The van der Waals surface area contributed by atoms with Gasteiger partial charge in [-0.3, -0.25) is 9.69 Å². The van der Waals surface area contributed by atoms with Gasteiger partial charge < -0.3 is 5.32 Å². The van der Waals surface area contributed by atoms with Gasteiger partial charge in [-0.05, 0) is 35.4 Å². The number of amides is 1. The fourth-order valence-electron chi connectivity index (χ4n) is 2.99. The number of carbonyl (C=O) groups excluding carboxylic acids is 1. The lowest BCUT2D eigenvalue weighted by atomic mass is 10.0. The van der Waals surface area contributed by atoms with Gasteiger partial charge in [0, 0.05) is 13.1 Å². The van der Waals surface area contributed by atoms with Crippen molar-refractivity contribution in [2.24, 2.45) is 0 Å². The van der Waals surface area contributed by atoms with Crippen LogP contribution in [-0.4, -0.2) is 50.1 Å². The molecule has 3 rings (SSSR count). The number of carbonyl (C=O) groups is 1. The molecule has 0 unspecified atom stereocenters. The maximum Gasteiger partial charge on any atom is 0.237 e. The first-order valence-electron chi connectivity index (χ1n) is 8.09. The van der Waals surface area contributed by atoms with Gasteiger partial charge in [0.1, 0.15) is 6.33 Å². The number of hydrogen-bond acceptors (Lipinski definition) is 5. The minimum atomic E-state index is -0.0437. The van der Waals surface area contributed by atoms with E-state index in [2.05, 4.69) is 37.9 Å². The van der Waals surface area contributed by atoms with Crippen molar-refractivity contribution in [3.8, 4) is 0 Å². The Labute approximate surface area is 135 Å². The molecule has 7 nitrogen and oxygen atoms in total. The van der Waals surface area contributed by atoms with Gasteiger partial charge in [-0.15, -0.1) is 5.10 Å². The molecule has 2 aromatic rings. The molecule has 1 saturated heterocycles. The predicted molar refractivity (Wildman–Crippen MR) is 85.3 cm³/mol. The third-order valence-corrected chi connectivity index (χ3v) is 4.18. The van der Waals surface area contributed by atoms with Crippen molar-refractivity contribution in [1.82, 2.24) is 30.4 Å². The molecule has 7 heteroatoms. The Morgan fingerprint density at radius 1 is 1.26 bits per heavy atom. The van der Waals surface area contributed by atoms with Crippen molar-refractivity contribution in [1.29, 1.82) is 0 Å². The average molecular weight is 314 g/mol. The third-order valence-electron chi connectivity index (χ3n) is 4.18. The van der Waals surface area contributed by atoms with Crippen LogP contribution in [0.2, 0.25) is 0 Å². The van der Waals surface area contributed by atoms with Gasteiger partial charge in [-0.1, -0.05) is 36.8 Å². The van der Waals surface area contributed by atoms with E-state index >= 15 is 0 Å². The fourth-order valence-corrected chi connectivity index (χ4v) is 2.99. The molecule has 1 N–H and O–H groups in total. The Morgan fingerprint density at radius 3 is 2.91 bits per heavy atom. The summed E-state index contributed by atoms with van der Waals surface area (Å²) < 4.78 is 1.61. The summed E-state index contributed by atoms with van der Waals surface area (Å²) in [5, 5.41) is 14.0. The lowest BCUT2D eigenvalue weighted by molar-refractivity contribution is -0.127. The molecule has 1 aromatic heterocycles.